The zero-order valence-corrected chi connectivity index (χ0v) is 13.0. The molecule has 0 saturated carbocycles. The molecule has 0 radical (unpaired) electrons. The van der Waals surface area contributed by atoms with Crippen molar-refractivity contribution in [1.82, 2.24) is 9.88 Å². The highest BCUT2D eigenvalue weighted by atomic mass is 32.1. The minimum absolute atomic E-state index is 0.0878. The molecule has 0 unspecified atom stereocenters. The Morgan fingerprint density at radius 3 is 2.53 bits per heavy atom. The van der Waals surface area contributed by atoms with Gasteiger partial charge in [0.15, 0.2) is 5.13 Å². The van der Waals surface area contributed by atoms with Crippen LogP contribution in [-0.4, -0.2) is 56.2 Å². The van der Waals surface area contributed by atoms with Gasteiger partial charge in [-0.1, -0.05) is 11.3 Å². The molecule has 0 aliphatic heterocycles. The highest BCUT2D eigenvalue weighted by molar-refractivity contribution is 7.18. The molecule has 1 rings (SSSR count). The molecule has 0 spiro atoms. The van der Waals surface area contributed by atoms with Crippen molar-refractivity contribution in [2.75, 3.05) is 45.0 Å². The van der Waals surface area contributed by atoms with Crippen LogP contribution in [0.25, 0.3) is 0 Å². The average molecular weight is 286 g/mol. The Kier molecular flexibility index (Phi) is 5.56. The van der Waals surface area contributed by atoms with Crippen molar-refractivity contribution < 1.29 is 9.53 Å². The summed E-state index contributed by atoms with van der Waals surface area (Å²) in [5, 5.41) is 0.733. The molecule has 0 aliphatic carbocycles. The van der Waals surface area contributed by atoms with E-state index in [-0.39, 0.29) is 11.9 Å². The van der Waals surface area contributed by atoms with Gasteiger partial charge in [0, 0.05) is 33.8 Å². The summed E-state index contributed by atoms with van der Waals surface area (Å²) in [4.78, 5) is 20.8. The van der Waals surface area contributed by atoms with Crippen LogP contribution >= 0.6 is 11.3 Å². The molecule has 19 heavy (non-hydrogen) atoms. The summed E-state index contributed by atoms with van der Waals surface area (Å²) in [6.07, 6.45) is 0. The zero-order chi connectivity index (χ0) is 14.6. The summed E-state index contributed by atoms with van der Waals surface area (Å²) in [5.74, 6) is 0.205. The first-order chi connectivity index (χ1) is 8.88. The number of carbonyl (C=O) groups is 1. The minimum atomic E-state index is -0.0878. The van der Waals surface area contributed by atoms with Crippen LogP contribution in [0.1, 0.15) is 23.5 Å². The number of carbonyl (C=O) groups excluding carboxylic acids is 1. The number of nitrogens with two attached hydrogens (primary N) is 1. The summed E-state index contributed by atoms with van der Waals surface area (Å²) in [5.41, 5.74) is 5.84. The number of methoxy groups -OCH3 is 1. The van der Waals surface area contributed by atoms with Crippen molar-refractivity contribution in [2.24, 2.45) is 0 Å². The number of thiazole rings is 1. The number of nitrogens with zero attached hydrogens (tertiary/aromatic N) is 3. The number of anilines is 2. The lowest BCUT2D eigenvalue weighted by molar-refractivity contribution is 0.0640. The van der Waals surface area contributed by atoms with E-state index in [9.17, 15) is 4.79 Å². The molecule has 0 bridgehead atoms. The van der Waals surface area contributed by atoms with E-state index < -0.39 is 0 Å². The van der Waals surface area contributed by atoms with Crippen LogP contribution in [0.4, 0.5) is 10.9 Å². The number of hydrogen-bond acceptors (Lipinski definition) is 6. The summed E-state index contributed by atoms with van der Waals surface area (Å²) in [7, 11) is 5.36. The third-order valence-electron chi connectivity index (χ3n) is 2.64. The third-order valence-corrected chi connectivity index (χ3v) is 3.87. The lowest BCUT2D eigenvalue weighted by atomic mass is 10.3. The fourth-order valence-corrected chi connectivity index (χ4v) is 2.44. The van der Waals surface area contributed by atoms with E-state index >= 15 is 0 Å². The predicted molar refractivity (Wildman–Crippen MR) is 78.9 cm³/mol. The molecule has 2 N–H and O–H groups in total. The third kappa shape index (κ3) is 3.81. The van der Waals surface area contributed by atoms with Crippen molar-refractivity contribution in [3.63, 3.8) is 0 Å². The molecular weight excluding hydrogens is 264 g/mol. The van der Waals surface area contributed by atoms with Gasteiger partial charge < -0.3 is 20.3 Å². The first kappa shape index (κ1) is 15.7. The number of aromatic nitrogens is 1. The Morgan fingerprint density at radius 2 is 2.11 bits per heavy atom. The van der Waals surface area contributed by atoms with Gasteiger partial charge in [0.25, 0.3) is 5.91 Å². The normalized spacial score (nSPS) is 10.8. The van der Waals surface area contributed by atoms with Gasteiger partial charge in [0.1, 0.15) is 10.7 Å². The summed E-state index contributed by atoms with van der Waals surface area (Å²) < 4.78 is 5.04. The first-order valence-corrected chi connectivity index (χ1v) is 6.93. The zero-order valence-electron chi connectivity index (χ0n) is 12.1. The molecule has 1 aromatic rings. The number of ether oxygens (including phenoxy) is 1. The monoisotopic (exact) mass is 286 g/mol. The molecule has 1 heterocycles. The maximum Gasteiger partial charge on any atom is 0.268 e. The topological polar surface area (TPSA) is 71.7 Å². The van der Waals surface area contributed by atoms with E-state index in [1.807, 2.05) is 32.8 Å². The molecule has 0 aromatic carbocycles. The van der Waals surface area contributed by atoms with Gasteiger partial charge in [-0.15, -0.1) is 0 Å². The number of amides is 1. The van der Waals surface area contributed by atoms with Gasteiger partial charge in [-0.05, 0) is 13.8 Å². The lowest BCUT2D eigenvalue weighted by Crippen LogP contribution is -2.39. The van der Waals surface area contributed by atoms with Crippen LogP contribution in [-0.2, 0) is 4.74 Å². The van der Waals surface area contributed by atoms with Crippen molar-refractivity contribution in [1.29, 1.82) is 0 Å². The van der Waals surface area contributed by atoms with Crippen LogP contribution in [0.3, 0.4) is 0 Å². The SMILES string of the molecule is COCCN(C(=O)c1sc(N(C)C)nc1N)C(C)C. The molecule has 1 amide bonds. The van der Waals surface area contributed by atoms with Crippen LogP contribution < -0.4 is 10.6 Å². The maximum absolute atomic E-state index is 12.5. The number of hydrogen-bond donors (Lipinski definition) is 1. The summed E-state index contributed by atoms with van der Waals surface area (Å²) >= 11 is 1.31. The second-order valence-corrected chi connectivity index (χ2v) is 5.67. The Morgan fingerprint density at radius 1 is 1.47 bits per heavy atom. The van der Waals surface area contributed by atoms with Crippen LogP contribution in [0.2, 0.25) is 0 Å². The molecule has 0 saturated heterocycles. The number of rotatable bonds is 6. The Bertz CT molecular complexity index is 431. The van der Waals surface area contributed by atoms with Gasteiger partial charge in [-0.25, -0.2) is 4.98 Å². The molecule has 0 fully saturated rings. The molecule has 108 valence electrons. The second kappa shape index (κ2) is 6.72. The number of nitrogen functional groups attached to an aromatic ring is 1. The van der Waals surface area contributed by atoms with Crippen molar-refractivity contribution in [2.45, 2.75) is 19.9 Å². The maximum atomic E-state index is 12.5. The average Bonchev–Trinajstić information content (AvgIpc) is 2.71. The van der Waals surface area contributed by atoms with E-state index in [1.54, 1.807) is 12.0 Å². The van der Waals surface area contributed by atoms with Crippen molar-refractivity contribution in [3.8, 4) is 0 Å². The molecule has 7 heteroatoms. The highest BCUT2D eigenvalue weighted by Crippen LogP contribution is 2.28. The quantitative estimate of drug-likeness (QED) is 0.853. The fourth-order valence-electron chi connectivity index (χ4n) is 1.58. The van der Waals surface area contributed by atoms with Crippen molar-refractivity contribution >= 4 is 28.2 Å². The molecule has 0 atom stereocenters. The second-order valence-electron chi connectivity index (χ2n) is 4.69. The van der Waals surface area contributed by atoms with E-state index in [0.717, 1.165) is 5.13 Å². The van der Waals surface area contributed by atoms with E-state index in [1.165, 1.54) is 11.3 Å². The molecule has 0 aliphatic rings. The van der Waals surface area contributed by atoms with E-state index in [2.05, 4.69) is 4.98 Å². The van der Waals surface area contributed by atoms with Crippen molar-refractivity contribution in [3.05, 3.63) is 4.88 Å². The van der Waals surface area contributed by atoms with E-state index in [4.69, 9.17) is 10.5 Å². The van der Waals surface area contributed by atoms with Gasteiger partial charge in [0.2, 0.25) is 0 Å². The smallest absolute Gasteiger partial charge is 0.268 e. The predicted octanol–water partition coefficient (Wildman–Crippen LogP) is 1.29. The lowest BCUT2D eigenvalue weighted by Gasteiger charge is -2.25. The molecule has 6 nitrogen and oxygen atoms in total. The fraction of sp³-hybridized carbons (Fsp3) is 0.667. The van der Waals surface area contributed by atoms with Gasteiger partial charge in [-0.2, -0.15) is 0 Å². The molecular formula is C12H22N4O2S. The Balaban J connectivity index is 2.96. The minimum Gasteiger partial charge on any atom is -0.383 e. The van der Waals surface area contributed by atoms with Crippen LogP contribution in [0, 0.1) is 0 Å². The van der Waals surface area contributed by atoms with E-state index in [0.29, 0.717) is 23.8 Å². The Hall–Kier alpha value is -1.34. The molecule has 1 aromatic heterocycles. The van der Waals surface area contributed by atoms with Gasteiger partial charge in [0.05, 0.1) is 6.61 Å². The van der Waals surface area contributed by atoms with Gasteiger partial charge >= 0.3 is 0 Å². The van der Waals surface area contributed by atoms with Crippen LogP contribution in [0.5, 0.6) is 0 Å². The van der Waals surface area contributed by atoms with Crippen LogP contribution in [0.15, 0.2) is 0 Å². The standard InChI is InChI=1S/C12H22N4O2S/c1-8(2)16(6-7-18-5)11(17)9-10(13)14-12(19-9)15(3)4/h8H,6-7,13H2,1-5H3. The highest BCUT2D eigenvalue weighted by Gasteiger charge is 2.24. The Labute approximate surface area is 118 Å². The first-order valence-electron chi connectivity index (χ1n) is 6.12. The van der Waals surface area contributed by atoms with Gasteiger partial charge in [-0.3, -0.25) is 4.79 Å². The summed E-state index contributed by atoms with van der Waals surface area (Å²) in [6, 6.07) is 0.0898. The largest absolute Gasteiger partial charge is 0.383 e. The summed E-state index contributed by atoms with van der Waals surface area (Å²) in [6.45, 7) is 4.99.